The standard InChI is InChI=1S/C17H25N3O/c1-13-5-7-14(8-6-13)15-18-17(9-10-17)16(21)20(15)12-4-11-19(2)3/h5-8,15,18H,4,9-12H2,1-3H3. The van der Waals surface area contributed by atoms with Gasteiger partial charge in [-0.05, 0) is 52.4 Å². The van der Waals surface area contributed by atoms with E-state index in [2.05, 4.69) is 55.5 Å². The zero-order valence-corrected chi connectivity index (χ0v) is 13.2. The number of amides is 1. The molecule has 0 bridgehead atoms. The van der Waals surface area contributed by atoms with Crippen LogP contribution in [0.2, 0.25) is 0 Å². The molecule has 1 aromatic carbocycles. The van der Waals surface area contributed by atoms with Crippen LogP contribution in [0.5, 0.6) is 0 Å². The lowest BCUT2D eigenvalue weighted by Gasteiger charge is -2.25. The van der Waals surface area contributed by atoms with E-state index >= 15 is 0 Å². The molecule has 114 valence electrons. The Morgan fingerprint density at radius 2 is 1.95 bits per heavy atom. The number of benzene rings is 1. The van der Waals surface area contributed by atoms with Crippen LogP contribution in [0.3, 0.4) is 0 Å². The topological polar surface area (TPSA) is 35.6 Å². The first-order chi connectivity index (χ1) is 10.0. The molecule has 4 heteroatoms. The fourth-order valence-corrected chi connectivity index (χ4v) is 3.08. The highest BCUT2D eigenvalue weighted by molar-refractivity contribution is 5.92. The molecule has 1 aliphatic heterocycles. The molecule has 0 aromatic heterocycles. The zero-order chi connectivity index (χ0) is 15.0. The summed E-state index contributed by atoms with van der Waals surface area (Å²) < 4.78 is 0. The molecule has 4 nitrogen and oxygen atoms in total. The van der Waals surface area contributed by atoms with Gasteiger partial charge in [0.05, 0.1) is 0 Å². The first-order valence-electron chi connectivity index (χ1n) is 7.82. The maximum Gasteiger partial charge on any atom is 0.244 e. The molecule has 1 N–H and O–H groups in total. The summed E-state index contributed by atoms with van der Waals surface area (Å²) in [5.74, 6) is 0.298. The van der Waals surface area contributed by atoms with E-state index in [4.69, 9.17) is 0 Å². The van der Waals surface area contributed by atoms with Crippen molar-refractivity contribution in [2.75, 3.05) is 27.2 Å². The summed E-state index contributed by atoms with van der Waals surface area (Å²) in [7, 11) is 4.15. The molecule has 1 saturated carbocycles. The first kappa shape index (κ1) is 14.5. The van der Waals surface area contributed by atoms with Gasteiger partial charge in [-0.1, -0.05) is 29.8 Å². The van der Waals surface area contributed by atoms with E-state index in [1.165, 1.54) is 11.1 Å². The number of carbonyl (C=O) groups is 1. The van der Waals surface area contributed by atoms with Crippen molar-refractivity contribution in [3.63, 3.8) is 0 Å². The Kier molecular flexibility index (Phi) is 3.76. The van der Waals surface area contributed by atoms with Gasteiger partial charge in [0.25, 0.3) is 0 Å². The number of carbonyl (C=O) groups excluding carboxylic acids is 1. The second-order valence-corrected chi connectivity index (χ2v) is 6.70. The molecule has 1 unspecified atom stereocenters. The molecular weight excluding hydrogens is 262 g/mol. The number of aryl methyl sites for hydroxylation is 1. The van der Waals surface area contributed by atoms with E-state index in [0.717, 1.165) is 32.4 Å². The number of nitrogens with zero attached hydrogens (tertiary/aromatic N) is 2. The second kappa shape index (κ2) is 5.43. The highest BCUT2D eigenvalue weighted by Crippen LogP contribution is 2.45. The van der Waals surface area contributed by atoms with Gasteiger partial charge in [0.2, 0.25) is 5.91 Å². The molecule has 1 atom stereocenters. The van der Waals surface area contributed by atoms with Crippen LogP contribution in [0, 0.1) is 6.92 Å². The molecule has 1 heterocycles. The largest absolute Gasteiger partial charge is 0.321 e. The summed E-state index contributed by atoms with van der Waals surface area (Å²) in [6.45, 7) is 3.93. The van der Waals surface area contributed by atoms with Gasteiger partial charge in [-0.3, -0.25) is 10.1 Å². The third-order valence-electron chi connectivity index (χ3n) is 4.54. The van der Waals surface area contributed by atoms with Crippen LogP contribution in [0.4, 0.5) is 0 Å². The zero-order valence-electron chi connectivity index (χ0n) is 13.2. The molecule has 21 heavy (non-hydrogen) atoms. The number of rotatable bonds is 5. The molecule has 2 fully saturated rings. The number of hydrogen-bond donors (Lipinski definition) is 1. The smallest absolute Gasteiger partial charge is 0.244 e. The van der Waals surface area contributed by atoms with Gasteiger partial charge in [0, 0.05) is 6.54 Å². The molecular formula is C17H25N3O. The Bertz CT molecular complexity index is 519. The van der Waals surface area contributed by atoms with Gasteiger partial charge >= 0.3 is 0 Å². The average molecular weight is 287 g/mol. The maximum atomic E-state index is 12.7. The van der Waals surface area contributed by atoms with E-state index in [1.54, 1.807) is 0 Å². The minimum atomic E-state index is -0.242. The Balaban J connectivity index is 1.76. The van der Waals surface area contributed by atoms with Crippen molar-refractivity contribution >= 4 is 5.91 Å². The van der Waals surface area contributed by atoms with Crippen LogP contribution >= 0.6 is 0 Å². The van der Waals surface area contributed by atoms with Gasteiger partial charge in [-0.25, -0.2) is 0 Å². The highest BCUT2D eigenvalue weighted by Gasteiger charge is 2.59. The van der Waals surface area contributed by atoms with Gasteiger partial charge in [0.15, 0.2) is 0 Å². The van der Waals surface area contributed by atoms with E-state index in [9.17, 15) is 4.79 Å². The van der Waals surface area contributed by atoms with Gasteiger partial charge in [-0.2, -0.15) is 0 Å². The summed E-state index contributed by atoms with van der Waals surface area (Å²) in [4.78, 5) is 16.9. The van der Waals surface area contributed by atoms with E-state index in [-0.39, 0.29) is 11.7 Å². The molecule has 1 aliphatic carbocycles. The summed E-state index contributed by atoms with van der Waals surface area (Å²) in [6.07, 6.45) is 3.03. The van der Waals surface area contributed by atoms with Crippen molar-refractivity contribution in [1.82, 2.24) is 15.1 Å². The predicted octanol–water partition coefficient (Wildman–Crippen LogP) is 1.91. The molecule has 1 saturated heterocycles. The molecule has 1 spiro atoms. The monoisotopic (exact) mass is 287 g/mol. The van der Waals surface area contributed by atoms with Crippen molar-refractivity contribution in [2.24, 2.45) is 0 Å². The summed E-state index contributed by atoms with van der Waals surface area (Å²) >= 11 is 0. The quantitative estimate of drug-likeness (QED) is 0.898. The molecule has 2 aliphatic rings. The third kappa shape index (κ3) is 2.83. The lowest BCUT2D eigenvalue weighted by atomic mass is 10.1. The lowest BCUT2D eigenvalue weighted by molar-refractivity contribution is -0.130. The van der Waals surface area contributed by atoms with Crippen LogP contribution in [0.1, 0.15) is 36.6 Å². The molecule has 0 radical (unpaired) electrons. The van der Waals surface area contributed by atoms with Crippen molar-refractivity contribution in [3.05, 3.63) is 35.4 Å². The van der Waals surface area contributed by atoms with E-state index in [0.29, 0.717) is 5.91 Å². The van der Waals surface area contributed by atoms with Crippen LogP contribution in [0.25, 0.3) is 0 Å². The minimum Gasteiger partial charge on any atom is -0.321 e. The maximum absolute atomic E-state index is 12.7. The highest BCUT2D eigenvalue weighted by atomic mass is 16.2. The summed E-state index contributed by atoms with van der Waals surface area (Å²) in [5.41, 5.74) is 2.21. The van der Waals surface area contributed by atoms with Crippen LogP contribution in [-0.2, 0) is 4.79 Å². The van der Waals surface area contributed by atoms with Gasteiger partial charge in [-0.15, -0.1) is 0 Å². The van der Waals surface area contributed by atoms with Crippen LogP contribution in [0.15, 0.2) is 24.3 Å². The fourth-order valence-electron chi connectivity index (χ4n) is 3.08. The van der Waals surface area contributed by atoms with Gasteiger partial charge < -0.3 is 9.80 Å². The minimum absolute atomic E-state index is 0.0442. The normalized spacial score (nSPS) is 23.3. The molecule has 1 amide bonds. The molecule has 1 aromatic rings. The summed E-state index contributed by atoms with van der Waals surface area (Å²) in [6, 6.07) is 8.52. The Morgan fingerprint density at radius 3 is 2.52 bits per heavy atom. The van der Waals surface area contributed by atoms with Crippen LogP contribution in [-0.4, -0.2) is 48.4 Å². The second-order valence-electron chi connectivity index (χ2n) is 6.70. The summed E-state index contributed by atoms with van der Waals surface area (Å²) in [5, 5.41) is 3.58. The Labute approximate surface area is 127 Å². The van der Waals surface area contributed by atoms with Gasteiger partial charge in [0.1, 0.15) is 11.7 Å². The van der Waals surface area contributed by atoms with Crippen molar-refractivity contribution in [1.29, 1.82) is 0 Å². The molecule has 3 rings (SSSR count). The van der Waals surface area contributed by atoms with Crippen molar-refractivity contribution in [2.45, 2.75) is 37.9 Å². The number of hydrogen-bond acceptors (Lipinski definition) is 3. The van der Waals surface area contributed by atoms with Crippen molar-refractivity contribution < 1.29 is 4.79 Å². The Hall–Kier alpha value is -1.39. The first-order valence-corrected chi connectivity index (χ1v) is 7.82. The van der Waals surface area contributed by atoms with E-state index < -0.39 is 0 Å². The van der Waals surface area contributed by atoms with Crippen molar-refractivity contribution in [3.8, 4) is 0 Å². The fraction of sp³-hybridized carbons (Fsp3) is 0.588. The third-order valence-corrected chi connectivity index (χ3v) is 4.54. The SMILES string of the molecule is Cc1ccc(C2NC3(CC3)C(=O)N2CCCN(C)C)cc1. The lowest BCUT2D eigenvalue weighted by Crippen LogP contribution is -2.34. The number of nitrogens with one attached hydrogen (secondary N) is 1. The van der Waals surface area contributed by atoms with E-state index in [1.807, 2.05) is 4.90 Å². The van der Waals surface area contributed by atoms with Crippen LogP contribution < -0.4 is 5.32 Å². The predicted molar refractivity (Wildman–Crippen MR) is 83.9 cm³/mol. The Morgan fingerprint density at radius 1 is 1.29 bits per heavy atom. The average Bonchev–Trinajstić information content (AvgIpc) is 3.17.